The Balaban J connectivity index is 3.05. The van der Waals surface area contributed by atoms with Gasteiger partial charge in [-0.25, -0.2) is 4.98 Å². The average molecular weight is 152 g/mol. The fourth-order valence-corrected chi connectivity index (χ4v) is 0.635. The SMILES string of the molecule is Cc1nnc(N(C)C)nc1C. The van der Waals surface area contributed by atoms with E-state index in [-0.39, 0.29) is 0 Å². The van der Waals surface area contributed by atoms with E-state index in [0.717, 1.165) is 11.4 Å². The molecule has 0 saturated heterocycles. The third kappa shape index (κ3) is 1.63. The van der Waals surface area contributed by atoms with E-state index in [0.29, 0.717) is 5.95 Å². The van der Waals surface area contributed by atoms with Crippen molar-refractivity contribution in [1.29, 1.82) is 0 Å². The van der Waals surface area contributed by atoms with Crippen molar-refractivity contribution in [2.45, 2.75) is 13.8 Å². The molecule has 4 nitrogen and oxygen atoms in total. The second-order valence-corrected chi connectivity index (χ2v) is 2.68. The summed E-state index contributed by atoms with van der Waals surface area (Å²) in [6.07, 6.45) is 0. The molecule has 0 bridgehead atoms. The van der Waals surface area contributed by atoms with Crippen LogP contribution in [0.25, 0.3) is 0 Å². The summed E-state index contributed by atoms with van der Waals surface area (Å²) in [7, 11) is 3.79. The summed E-state index contributed by atoms with van der Waals surface area (Å²) >= 11 is 0. The average Bonchev–Trinajstić information content (AvgIpc) is 1.94. The van der Waals surface area contributed by atoms with Crippen LogP contribution in [0.3, 0.4) is 0 Å². The molecule has 0 aliphatic rings. The lowest BCUT2D eigenvalue weighted by atomic mass is 10.4. The fraction of sp³-hybridized carbons (Fsp3) is 0.571. The number of nitrogens with zero attached hydrogens (tertiary/aromatic N) is 4. The molecule has 0 aromatic carbocycles. The summed E-state index contributed by atoms with van der Waals surface area (Å²) in [5.41, 5.74) is 1.82. The zero-order valence-corrected chi connectivity index (χ0v) is 7.29. The van der Waals surface area contributed by atoms with Crippen LogP contribution in [0.4, 0.5) is 5.95 Å². The number of aryl methyl sites for hydroxylation is 2. The molecule has 1 aromatic heterocycles. The zero-order valence-electron chi connectivity index (χ0n) is 7.29. The predicted molar refractivity (Wildman–Crippen MR) is 43.6 cm³/mol. The number of aromatic nitrogens is 3. The van der Waals surface area contributed by atoms with Crippen LogP contribution >= 0.6 is 0 Å². The summed E-state index contributed by atoms with van der Waals surface area (Å²) < 4.78 is 0. The zero-order chi connectivity index (χ0) is 8.43. The van der Waals surface area contributed by atoms with Gasteiger partial charge in [-0.2, -0.15) is 5.10 Å². The molecule has 0 atom stereocenters. The van der Waals surface area contributed by atoms with Gasteiger partial charge in [-0.1, -0.05) is 0 Å². The smallest absolute Gasteiger partial charge is 0.245 e. The van der Waals surface area contributed by atoms with Gasteiger partial charge in [0.05, 0.1) is 11.4 Å². The molecule has 1 aromatic rings. The normalized spacial score (nSPS) is 9.82. The molecular formula is C7H12N4. The van der Waals surface area contributed by atoms with Crippen molar-refractivity contribution in [3.8, 4) is 0 Å². The lowest BCUT2D eigenvalue weighted by molar-refractivity contribution is 0.857. The maximum atomic E-state index is 4.22. The van der Waals surface area contributed by atoms with E-state index in [4.69, 9.17) is 0 Å². The molecule has 0 spiro atoms. The minimum Gasteiger partial charge on any atom is -0.346 e. The van der Waals surface area contributed by atoms with Gasteiger partial charge >= 0.3 is 0 Å². The maximum Gasteiger partial charge on any atom is 0.245 e. The summed E-state index contributed by atoms with van der Waals surface area (Å²) in [6.45, 7) is 3.83. The Labute approximate surface area is 66.3 Å². The van der Waals surface area contributed by atoms with Crippen LogP contribution in [0.2, 0.25) is 0 Å². The van der Waals surface area contributed by atoms with Gasteiger partial charge in [0.2, 0.25) is 5.95 Å². The number of hydrogen-bond acceptors (Lipinski definition) is 4. The van der Waals surface area contributed by atoms with Crippen molar-refractivity contribution < 1.29 is 0 Å². The van der Waals surface area contributed by atoms with Crippen molar-refractivity contribution in [1.82, 2.24) is 15.2 Å². The number of anilines is 1. The van der Waals surface area contributed by atoms with Crippen LogP contribution < -0.4 is 4.90 Å². The topological polar surface area (TPSA) is 41.9 Å². The first-order chi connectivity index (χ1) is 5.11. The second kappa shape index (κ2) is 2.82. The summed E-state index contributed by atoms with van der Waals surface area (Å²) in [4.78, 5) is 6.06. The highest BCUT2D eigenvalue weighted by molar-refractivity contribution is 5.26. The Kier molecular flexibility index (Phi) is 2.03. The van der Waals surface area contributed by atoms with E-state index in [1.807, 2.05) is 32.8 Å². The van der Waals surface area contributed by atoms with Gasteiger partial charge in [0.15, 0.2) is 0 Å². The van der Waals surface area contributed by atoms with Gasteiger partial charge in [-0.15, -0.1) is 5.10 Å². The van der Waals surface area contributed by atoms with Gasteiger partial charge < -0.3 is 4.90 Å². The largest absolute Gasteiger partial charge is 0.346 e. The first-order valence-electron chi connectivity index (χ1n) is 3.46. The summed E-state index contributed by atoms with van der Waals surface area (Å²) in [5, 5.41) is 7.85. The van der Waals surface area contributed by atoms with Gasteiger partial charge in [-0.3, -0.25) is 0 Å². The highest BCUT2D eigenvalue weighted by Gasteiger charge is 2.01. The summed E-state index contributed by atoms with van der Waals surface area (Å²) in [6, 6.07) is 0. The second-order valence-electron chi connectivity index (χ2n) is 2.68. The van der Waals surface area contributed by atoms with Crippen molar-refractivity contribution in [3.05, 3.63) is 11.4 Å². The van der Waals surface area contributed by atoms with Gasteiger partial charge in [0.25, 0.3) is 0 Å². The van der Waals surface area contributed by atoms with Crippen LogP contribution in [0.5, 0.6) is 0 Å². The van der Waals surface area contributed by atoms with E-state index in [2.05, 4.69) is 15.2 Å². The van der Waals surface area contributed by atoms with Gasteiger partial charge in [-0.05, 0) is 13.8 Å². The molecule has 0 radical (unpaired) electrons. The molecule has 0 aliphatic carbocycles. The molecule has 0 N–H and O–H groups in total. The Bertz CT molecular complexity index is 257. The Morgan fingerprint density at radius 1 is 1.00 bits per heavy atom. The van der Waals surface area contributed by atoms with Crippen molar-refractivity contribution >= 4 is 5.95 Å². The third-order valence-electron chi connectivity index (χ3n) is 1.48. The third-order valence-corrected chi connectivity index (χ3v) is 1.48. The van der Waals surface area contributed by atoms with E-state index in [1.54, 1.807) is 0 Å². The highest BCUT2D eigenvalue weighted by Crippen LogP contribution is 2.03. The maximum absolute atomic E-state index is 4.22. The first-order valence-corrected chi connectivity index (χ1v) is 3.46. The molecule has 11 heavy (non-hydrogen) atoms. The molecule has 0 saturated carbocycles. The lowest BCUT2D eigenvalue weighted by Crippen LogP contribution is -2.14. The van der Waals surface area contributed by atoms with E-state index < -0.39 is 0 Å². The quantitative estimate of drug-likeness (QED) is 0.589. The van der Waals surface area contributed by atoms with E-state index in [1.165, 1.54) is 0 Å². The Hall–Kier alpha value is -1.19. The Morgan fingerprint density at radius 2 is 1.64 bits per heavy atom. The molecular weight excluding hydrogens is 140 g/mol. The van der Waals surface area contributed by atoms with Crippen molar-refractivity contribution in [2.75, 3.05) is 19.0 Å². The molecule has 1 heterocycles. The Morgan fingerprint density at radius 3 is 2.09 bits per heavy atom. The number of hydrogen-bond donors (Lipinski definition) is 0. The molecule has 0 unspecified atom stereocenters. The minimum absolute atomic E-state index is 0.660. The number of rotatable bonds is 1. The van der Waals surface area contributed by atoms with Gasteiger partial charge in [0, 0.05) is 14.1 Å². The van der Waals surface area contributed by atoms with Gasteiger partial charge in [0.1, 0.15) is 0 Å². The molecule has 0 aliphatic heterocycles. The fourth-order valence-electron chi connectivity index (χ4n) is 0.635. The molecule has 60 valence electrons. The van der Waals surface area contributed by atoms with Crippen LogP contribution in [0.15, 0.2) is 0 Å². The monoisotopic (exact) mass is 152 g/mol. The lowest BCUT2D eigenvalue weighted by Gasteiger charge is -2.09. The molecule has 4 heteroatoms. The minimum atomic E-state index is 0.660. The highest BCUT2D eigenvalue weighted by atomic mass is 15.3. The molecule has 1 rings (SSSR count). The van der Waals surface area contributed by atoms with E-state index in [9.17, 15) is 0 Å². The standard InChI is InChI=1S/C7H12N4/c1-5-6(2)9-10-7(8-5)11(3)4/h1-4H3. The van der Waals surface area contributed by atoms with Crippen LogP contribution in [-0.2, 0) is 0 Å². The van der Waals surface area contributed by atoms with Crippen molar-refractivity contribution in [3.63, 3.8) is 0 Å². The summed E-state index contributed by atoms with van der Waals surface area (Å²) in [5.74, 6) is 0.660. The van der Waals surface area contributed by atoms with E-state index >= 15 is 0 Å². The molecule has 0 amide bonds. The first kappa shape index (κ1) is 7.91. The van der Waals surface area contributed by atoms with Crippen LogP contribution in [-0.4, -0.2) is 29.3 Å². The molecule has 0 fully saturated rings. The van der Waals surface area contributed by atoms with Crippen LogP contribution in [0, 0.1) is 13.8 Å². The predicted octanol–water partition coefficient (Wildman–Crippen LogP) is 0.554. The van der Waals surface area contributed by atoms with Crippen LogP contribution in [0.1, 0.15) is 11.4 Å². The van der Waals surface area contributed by atoms with Crippen molar-refractivity contribution in [2.24, 2.45) is 0 Å².